The number of aromatic nitrogens is 2. The summed E-state index contributed by atoms with van der Waals surface area (Å²) < 4.78 is 41.7. The molecule has 3 aromatic rings. The lowest BCUT2D eigenvalue weighted by Gasteiger charge is -2.11. The number of nitrogens with one attached hydrogen (secondary N) is 1. The van der Waals surface area contributed by atoms with Crippen molar-refractivity contribution in [2.45, 2.75) is 11.3 Å². The molecule has 0 fully saturated rings. The number of sulfonamides is 1. The van der Waals surface area contributed by atoms with Crippen LogP contribution >= 0.6 is 11.6 Å². The highest BCUT2D eigenvalue weighted by Gasteiger charge is 2.20. The Balaban J connectivity index is 1.87. The number of anilines is 1. The van der Waals surface area contributed by atoms with Crippen molar-refractivity contribution >= 4 is 33.1 Å². The second-order valence-corrected chi connectivity index (χ2v) is 7.52. The van der Waals surface area contributed by atoms with Gasteiger partial charge in [0, 0.05) is 6.20 Å². The van der Waals surface area contributed by atoms with Gasteiger partial charge in [-0.25, -0.2) is 22.8 Å². The summed E-state index contributed by atoms with van der Waals surface area (Å²) in [6, 6.07) is 12.9. The highest BCUT2D eigenvalue weighted by Crippen LogP contribution is 2.23. The van der Waals surface area contributed by atoms with Crippen LogP contribution in [-0.4, -0.2) is 24.2 Å². The van der Waals surface area contributed by atoms with Crippen LogP contribution in [-0.2, 0) is 16.4 Å². The Kier molecular flexibility index (Phi) is 5.48. The molecular formula is C18H13ClFN3O3S. The zero-order valence-electron chi connectivity index (χ0n) is 13.8. The second kappa shape index (κ2) is 7.81. The van der Waals surface area contributed by atoms with Crippen molar-refractivity contribution < 1.29 is 17.6 Å². The third-order valence-corrected chi connectivity index (χ3v) is 5.19. The average molecular weight is 406 g/mol. The van der Waals surface area contributed by atoms with Crippen molar-refractivity contribution in [3.05, 3.63) is 83.2 Å². The summed E-state index contributed by atoms with van der Waals surface area (Å²) >= 11 is 5.68. The molecule has 0 aliphatic heterocycles. The van der Waals surface area contributed by atoms with Crippen LogP contribution in [0.1, 0.15) is 16.1 Å². The molecule has 27 heavy (non-hydrogen) atoms. The van der Waals surface area contributed by atoms with Gasteiger partial charge >= 0.3 is 0 Å². The molecular weight excluding hydrogens is 393 g/mol. The van der Waals surface area contributed by atoms with E-state index in [0.29, 0.717) is 5.69 Å². The standard InChI is InChI=1S/C18H13ClFN3O3S/c19-18-21-10-9-12(22-18)11-16(24)14-7-4-8-15(17(14)20)23-27(25,26)13-5-2-1-3-6-13/h1-10,23H,11H2. The minimum atomic E-state index is -3.98. The van der Waals surface area contributed by atoms with Crippen molar-refractivity contribution in [2.75, 3.05) is 4.72 Å². The van der Waals surface area contributed by atoms with E-state index < -0.39 is 21.6 Å². The second-order valence-electron chi connectivity index (χ2n) is 5.50. The lowest BCUT2D eigenvalue weighted by molar-refractivity contribution is 0.0988. The van der Waals surface area contributed by atoms with E-state index in [1.807, 2.05) is 0 Å². The first kappa shape index (κ1) is 18.9. The molecule has 0 saturated heterocycles. The first-order chi connectivity index (χ1) is 12.9. The summed E-state index contributed by atoms with van der Waals surface area (Å²) in [5.74, 6) is -1.52. The van der Waals surface area contributed by atoms with E-state index in [1.165, 1.54) is 42.6 Å². The van der Waals surface area contributed by atoms with E-state index in [1.54, 1.807) is 18.2 Å². The van der Waals surface area contributed by atoms with Crippen LogP contribution in [0.15, 0.2) is 65.7 Å². The summed E-state index contributed by atoms with van der Waals surface area (Å²) in [7, 11) is -3.98. The predicted molar refractivity (Wildman–Crippen MR) is 98.7 cm³/mol. The Morgan fingerprint density at radius 1 is 1.07 bits per heavy atom. The van der Waals surface area contributed by atoms with Gasteiger partial charge in [-0.05, 0) is 41.9 Å². The number of benzene rings is 2. The minimum absolute atomic E-state index is 0.0169. The number of hydrogen-bond acceptors (Lipinski definition) is 5. The molecule has 1 heterocycles. The zero-order valence-corrected chi connectivity index (χ0v) is 15.3. The molecule has 3 rings (SSSR count). The molecule has 0 spiro atoms. The maximum Gasteiger partial charge on any atom is 0.261 e. The van der Waals surface area contributed by atoms with Crippen molar-refractivity contribution in [3.8, 4) is 0 Å². The fraction of sp³-hybridized carbons (Fsp3) is 0.0556. The Morgan fingerprint density at radius 3 is 2.52 bits per heavy atom. The molecule has 0 amide bonds. The van der Waals surface area contributed by atoms with Crippen LogP contribution < -0.4 is 4.72 Å². The number of rotatable bonds is 6. The summed E-state index contributed by atoms with van der Waals surface area (Å²) in [6.45, 7) is 0. The zero-order chi connectivity index (χ0) is 19.4. The first-order valence-corrected chi connectivity index (χ1v) is 9.60. The molecule has 0 aliphatic carbocycles. The molecule has 0 unspecified atom stereocenters. The van der Waals surface area contributed by atoms with E-state index in [2.05, 4.69) is 14.7 Å². The molecule has 1 aromatic heterocycles. The maximum absolute atomic E-state index is 14.7. The van der Waals surface area contributed by atoms with Gasteiger partial charge in [0.05, 0.1) is 28.3 Å². The van der Waals surface area contributed by atoms with Gasteiger partial charge in [0.15, 0.2) is 11.6 Å². The van der Waals surface area contributed by atoms with Crippen LogP contribution in [0.2, 0.25) is 5.28 Å². The Bertz CT molecular complexity index is 1090. The molecule has 0 radical (unpaired) electrons. The van der Waals surface area contributed by atoms with Crippen molar-refractivity contribution in [1.82, 2.24) is 9.97 Å². The highest BCUT2D eigenvalue weighted by molar-refractivity contribution is 7.92. The number of nitrogens with zero attached hydrogens (tertiary/aromatic N) is 2. The number of Topliss-reactive ketones (excluding diaryl/α,β-unsaturated/α-hetero) is 1. The van der Waals surface area contributed by atoms with E-state index in [-0.39, 0.29) is 27.9 Å². The van der Waals surface area contributed by atoms with Crippen LogP contribution in [0.4, 0.5) is 10.1 Å². The fourth-order valence-electron chi connectivity index (χ4n) is 2.36. The van der Waals surface area contributed by atoms with Gasteiger partial charge in [-0.2, -0.15) is 0 Å². The summed E-state index contributed by atoms with van der Waals surface area (Å²) in [6.07, 6.45) is 1.19. The van der Waals surface area contributed by atoms with Crippen LogP contribution in [0, 0.1) is 5.82 Å². The van der Waals surface area contributed by atoms with Crippen LogP contribution in [0.25, 0.3) is 0 Å². The van der Waals surface area contributed by atoms with Gasteiger partial charge < -0.3 is 0 Å². The third-order valence-electron chi connectivity index (χ3n) is 3.62. The number of ketones is 1. The van der Waals surface area contributed by atoms with E-state index in [9.17, 15) is 17.6 Å². The first-order valence-electron chi connectivity index (χ1n) is 7.74. The summed E-state index contributed by atoms with van der Waals surface area (Å²) in [5, 5.41) is -0.0230. The molecule has 1 N–H and O–H groups in total. The minimum Gasteiger partial charge on any atom is -0.294 e. The molecule has 0 bridgehead atoms. The molecule has 9 heteroatoms. The highest BCUT2D eigenvalue weighted by atomic mass is 35.5. The lowest BCUT2D eigenvalue weighted by Crippen LogP contribution is -2.16. The number of carbonyl (C=O) groups is 1. The third kappa shape index (κ3) is 4.47. The molecule has 0 aliphatic rings. The lowest BCUT2D eigenvalue weighted by atomic mass is 10.1. The smallest absolute Gasteiger partial charge is 0.261 e. The predicted octanol–water partition coefficient (Wildman–Crippen LogP) is 3.50. The molecule has 2 aromatic carbocycles. The molecule has 0 atom stereocenters. The average Bonchev–Trinajstić information content (AvgIpc) is 2.64. The normalized spacial score (nSPS) is 11.2. The monoisotopic (exact) mass is 405 g/mol. The van der Waals surface area contributed by atoms with Crippen molar-refractivity contribution in [3.63, 3.8) is 0 Å². The molecule has 6 nitrogen and oxygen atoms in total. The number of carbonyl (C=O) groups excluding carboxylic acids is 1. The number of hydrogen-bond donors (Lipinski definition) is 1. The largest absolute Gasteiger partial charge is 0.294 e. The van der Waals surface area contributed by atoms with E-state index in [0.717, 1.165) is 0 Å². The Morgan fingerprint density at radius 2 is 1.81 bits per heavy atom. The van der Waals surface area contributed by atoms with Gasteiger partial charge in [0.25, 0.3) is 10.0 Å². The number of halogens is 2. The van der Waals surface area contributed by atoms with Gasteiger partial charge in [-0.15, -0.1) is 0 Å². The molecule has 0 saturated carbocycles. The SMILES string of the molecule is O=C(Cc1ccnc(Cl)n1)c1cccc(NS(=O)(=O)c2ccccc2)c1F. The Hall–Kier alpha value is -2.84. The Labute approximate surface area is 160 Å². The van der Waals surface area contributed by atoms with Crippen LogP contribution in [0.3, 0.4) is 0 Å². The maximum atomic E-state index is 14.7. The van der Waals surface area contributed by atoms with Gasteiger partial charge in [-0.1, -0.05) is 24.3 Å². The van der Waals surface area contributed by atoms with Gasteiger partial charge in [0.1, 0.15) is 0 Å². The summed E-state index contributed by atoms with van der Waals surface area (Å²) in [5.41, 5.74) is -0.238. The van der Waals surface area contributed by atoms with Gasteiger partial charge in [-0.3, -0.25) is 9.52 Å². The molecule has 138 valence electrons. The van der Waals surface area contributed by atoms with Crippen molar-refractivity contribution in [1.29, 1.82) is 0 Å². The van der Waals surface area contributed by atoms with E-state index >= 15 is 0 Å². The van der Waals surface area contributed by atoms with Crippen molar-refractivity contribution in [2.24, 2.45) is 0 Å². The van der Waals surface area contributed by atoms with Crippen LogP contribution in [0.5, 0.6) is 0 Å². The van der Waals surface area contributed by atoms with Gasteiger partial charge in [0.2, 0.25) is 5.28 Å². The van der Waals surface area contributed by atoms with E-state index in [4.69, 9.17) is 11.6 Å². The summed E-state index contributed by atoms with van der Waals surface area (Å²) in [4.78, 5) is 20.0. The quantitative estimate of drug-likeness (QED) is 0.501. The topological polar surface area (TPSA) is 89.0 Å². The fourth-order valence-corrected chi connectivity index (χ4v) is 3.60.